The molecule has 0 spiro atoms. The molecule has 1 saturated heterocycles. The van der Waals surface area contributed by atoms with Gasteiger partial charge in [0, 0.05) is 24.7 Å². The summed E-state index contributed by atoms with van der Waals surface area (Å²) < 4.78 is 13.4. The van der Waals surface area contributed by atoms with Crippen LogP contribution in [0.4, 0.5) is 14.9 Å². The number of likely N-dealkylation sites (tertiary alicyclic amines) is 1. The summed E-state index contributed by atoms with van der Waals surface area (Å²) in [6, 6.07) is 4.41. The van der Waals surface area contributed by atoms with Crippen molar-refractivity contribution in [2.24, 2.45) is 5.92 Å². The lowest BCUT2D eigenvalue weighted by Crippen LogP contribution is -2.44. The van der Waals surface area contributed by atoms with E-state index in [9.17, 15) is 14.3 Å². The van der Waals surface area contributed by atoms with Crippen molar-refractivity contribution >= 4 is 11.7 Å². The van der Waals surface area contributed by atoms with E-state index in [2.05, 4.69) is 5.32 Å². The van der Waals surface area contributed by atoms with Crippen LogP contribution < -0.4 is 5.32 Å². The highest BCUT2D eigenvalue weighted by Gasteiger charge is 2.26. The Morgan fingerprint density at radius 2 is 2.30 bits per heavy atom. The summed E-state index contributed by atoms with van der Waals surface area (Å²) in [7, 11) is 0. The van der Waals surface area contributed by atoms with Crippen molar-refractivity contribution in [2.45, 2.75) is 32.8 Å². The van der Waals surface area contributed by atoms with Crippen LogP contribution in [0.25, 0.3) is 0 Å². The van der Waals surface area contributed by atoms with Crippen LogP contribution in [0.5, 0.6) is 0 Å². The molecule has 110 valence electrons. The van der Waals surface area contributed by atoms with Gasteiger partial charge in [-0.3, -0.25) is 0 Å². The molecule has 2 atom stereocenters. The van der Waals surface area contributed by atoms with Gasteiger partial charge in [-0.1, -0.05) is 6.07 Å². The number of halogens is 1. The molecule has 2 N–H and O–H groups in total. The van der Waals surface area contributed by atoms with Gasteiger partial charge in [0.2, 0.25) is 0 Å². The fourth-order valence-electron chi connectivity index (χ4n) is 2.46. The first-order valence-electron chi connectivity index (χ1n) is 6.97. The predicted octanol–water partition coefficient (Wildman–Crippen LogP) is 2.76. The maximum atomic E-state index is 13.4. The van der Waals surface area contributed by atoms with E-state index < -0.39 is 6.10 Å². The lowest BCUT2D eigenvalue weighted by Gasteiger charge is -2.34. The minimum Gasteiger partial charge on any atom is -0.393 e. The standard InChI is InChI=1S/C15H21FN2O2/c1-10-5-6-13(8-14(10)16)17-15(20)18-7-3-4-12(9-18)11(2)19/h5-6,8,11-12,19H,3-4,7,9H2,1-2H3,(H,17,20). The number of carbonyl (C=O) groups excluding carboxylic acids is 1. The molecule has 1 aliphatic rings. The van der Waals surface area contributed by atoms with Crippen LogP contribution in [0.2, 0.25) is 0 Å². The second-order valence-corrected chi connectivity index (χ2v) is 5.48. The van der Waals surface area contributed by atoms with E-state index in [0.29, 0.717) is 24.3 Å². The van der Waals surface area contributed by atoms with Crippen LogP contribution >= 0.6 is 0 Å². The lowest BCUT2D eigenvalue weighted by molar-refractivity contribution is 0.0766. The van der Waals surface area contributed by atoms with Gasteiger partial charge in [-0.15, -0.1) is 0 Å². The first kappa shape index (κ1) is 14.8. The van der Waals surface area contributed by atoms with E-state index in [4.69, 9.17) is 0 Å². The molecule has 0 bridgehead atoms. The maximum absolute atomic E-state index is 13.4. The van der Waals surface area contributed by atoms with Gasteiger partial charge in [0.1, 0.15) is 5.82 Å². The lowest BCUT2D eigenvalue weighted by atomic mass is 9.94. The summed E-state index contributed by atoms with van der Waals surface area (Å²) in [5, 5.41) is 12.3. The van der Waals surface area contributed by atoms with E-state index in [1.54, 1.807) is 30.9 Å². The van der Waals surface area contributed by atoms with Crippen LogP contribution in [-0.2, 0) is 0 Å². The van der Waals surface area contributed by atoms with Gasteiger partial charge in [0.05, 0.1) is 6.10 Å². The molecule has 1 fully saturated rings. The Morgan fingerprint density at radius 3 is 2.95 bits per heavy atom. The van der Waals surface area contributed by atoms with Gasteiger partial charge in [0.15, 0.2) is 0 Å². The molecule has 1 aliphatic heterocycles. The number of aliphatic hydroxyl groups excluding tert-OH is 1. The second-order valence-electron chi connectivity index (χ2n) is 5.48. The van der Waals surface area contributed by atoms with Crippen molar-refractivity contribution in [3.8, 4) is 0 Å². The highest BCUT2D eigenvalue weighted by atomic mass is 19.1. The van der Waals surface area contributed by atoms with Crippen molar-refractivity contribution < 1.29 is 14.3 Å². The van der Waals surface area contributed by atoms with E-state index in [0.717, 1.165) is 12.8 Å². The highest BCUT2D eigenvalue weighted by Crippen LogP contribution is 2.21. The average molecular weight is 280 g/mol. The first-order chi connectivity index (χ1) is 9.47. The monoisotopic (exact) mass is 280 g/mol. The number of rotatable bonds is 2. The molecule has 2 amide bonds. The molecule has 1 aromatic rings. The summed E-state index contributed by atoms with van der Waals surface area (Å²) in [6.07, 6.45) is 1.40. The number of aliphatic hydroxyl groups is 1. The fraction of sp³-hybridized carbons (Fsp3) is 0.533. The number of piperidine rings is 1. The largest absolute Gasteiger partial charge is 0.393 e. The number of hydrogen-bond donors (Lipinski definition) is 2. The minimum absolute atomic E-state index is 0.115. The van der Waals surface area contributed by atoms with Crippen molar-refractivity contribution in [3.63, 3.8) is 0 Å². The number of urea groups is 1. The zero-order chi connectivity index (χ0) is 14.7. The van der Waals surface area contributed by atoms with Gasteiger partial charge >= 0.3 is 6.03 Å². The summed E-state index contributed by atoms with van der Waals surface area (Å²) in [5.74, 6) is -0.215. The molecule has 2 unspecified atom stereocenters. The molecule has 0 aliphatic carbocycles. The van der Waals surface area contributed by atoms with Crippen molar-refractivity contribution in [1.82, 2.24) is 4.90 Å². The molecule has 1 aromatic carbocycles. The molecule has 1 heterocycles. The Kier molecular flexibility index (Phi) is 4.60. The number of aryl methyl sites for hydroxylation is 1. The van der Waals surface area contributed by atoms with Crippen LogP contribution in [0, 0.1) is 18.7 Å². The Morgan fingerprint density at radius 1 is 1.55 bits per heavy atom. The van der Waals surface area contributed by atoms with Crippen molar-refractivity contribution in [2.75, 3.05) is 18.4 Å². The zero-order valence-electron chi connectivity index (χ0n) is 11.9. The fourth-order valence-corrected chi connectivity index (χ4v) is 2.46. The summed E-state index contributed by atoms with van der Waals surface area (Å²) in [5.41, 5.74) is 1.01. The SMILES string of the molecule is Cc1ccc(NC(=O)N2CCCC(C(C)O)C2)cc1F. The van der Waals surface area contributed by atoms with Gasteiger partial charge < -0.3 is 15.3 Å². The molecule has 0 radical (unpaired) electrons. The Balaban J connectivity index is 1.98. The van der Waals surface area contributed by atoms with Gasteiger partial charge in [-0.05, 0) is 44.4 Å². The molecule has 5 heteroatoms. The predicted molar refractivity (Wildman–Crippen MR) is 76.1 cm³/mol. The third kappa shape index (κ3) is 3.48. The third-order valence-electron chi connectivity index (χ3n) is 3.85. The quantitative estimate of drug-likeness (QED) is 0.875. The Bertz CT molecular complexity index is 491. The Labute approximate surface area is 118 Å². The maximum Gasteiger partial charge on any atom is 0.321 e. The van der Waals surface area contributed by atoms with Gasteiger partial charge in [-0.25, -0.2) is 9.18 Å². The smallest absolute Gasteiger partial charge is 0.321 e. The third-order valence-corrected chi connectivity index (χ3v) is 3.85. The molecular formula is C15H21FN2O2. The summed E-state index contributed by atoms with van der Waals surface area (Å²) in [4.78, 5) is 13.8. The number of amides is 2. The van der Waals surface area contributed by atoms with Crippen LogP contribution in [-0.4, -0.2) is 35.2 Å². The van der Waals surface area contributed by atoms with Gasteiger partial charge in [0.25, 0.3) is 0 Å². The van der Waals surface area contributed by atoms with E-state index in [1.807, 2.05) is 0 Å². The van der Waals surface area contributed by atoms with Crippen LogP contribution in [0.3, 0.4) is 0 Å². The topological polar surface area (TPSA) is 52.6 Å². The Hall–Kier alpha value is -1.62. The molecule has 20 heavy (non-hydrogen) atoms. The molecule has 0 aromatic heterocycles. The van der Waals surface area contributed by atoms with Crippen LogP contribution in [0.1, 0.15) is 25.3 Å². The number of benzene rings is 1. The minimum atomic E-state index is -0.414. The average Bonchev–Trinajstić information content (AvgIpc) is 2.43. The van der Waals surface area contributed by atoms with Gasteiger partial charge in [-0.2, -0.15) is 0 Å². The second kappa shape index (κ2) is 6.22. The van der Waals surface area contributed by atoms with E-state index in [-0.39, 0.29) is 17.8 Å². The van der Waals surface area contributed by atoms with E-state index in [1.165, 1.54) is 6.07 Å². The van der Waals surface area contributed by atoms with E-state index >= 15 is 0 Å². The molecule has 2 rings (SSSR count). The number of hydrogen-bond acceptors (Lipinski definition) is 2. The van der Waals surface area contributed by atoms with Crippen LogP contribution in [0.15, 0.2) is 18.2 Å². The number of nitrogens with zero attached hydrogens (tertiary/aromatic N) is 1. The van der Waals surface area contributed by atoms with Crippen molar-refractivity contribution in [3.05, 3.63) is 29.6 Å². The van der Waals surface area contributed by atoms with Crippen molar-refractivity contribution in [1.29, 1.82) is 0 Å². The number of anilines is 1. The normalized spacial score (nSPS) is 20.6. The zero-order valence-corrected chi connectivity index (χ0v) is 11.9. The summed E-state index contributed by atoms with van der Waals surface area (Å²) >= 11 is 0. The summed E-state index contributed by atoms with van der Waals surface area (Å²) in [6.45, 7) is 4.64. The molecular weight excluding hydrogens is 259 g/mol. The molecule has 4 nitrogen and oxygen atoms in total. The number of carbonyl (C=O) groups is 1. The highest BCUT2D eigenvalue weighted by molar-refractivity contribution is 5.89. The number of nitrogens with one attached hydrogen (secondary N) is 1. The first-order valence-corrected chi connectivity index (χ1v) is 6.97. The molecule has 0 saturated carbocycles.